The molecule has 2 rings (SSSR count). The molecule has 1 aliphatic heterocycles. The van der Waals surface area contributed by atoms with Crippen LogP contribution in [0.25, 0.3) is 0 Å². The SMILES string of the molecule is CC(C)(C)CC1(c2ccccc2)CCOC1. The molecule has 0 aliphatic carbocycles. The molecule has 1 unspecified atom stereocenters. The van der Waals surface area contributed by atoms with Crippen molar-refractivity contribution >= 4 is 0 Å². The highest BCUT2D eigenvalue weighted by molar-refractivity contribution is 5.27. The van der Waals surface area contributed by atoms with E-state index < -0.39 is 0 Å². The van der Waals surface area contributed by atoms with Gasteiger partial charge in [-0.1, -0.05) is 51.1 Å². The van der Waals surface area contributed by atoms with Gasteiger partial charge in [-0.2, -0.15) is 0 Å². The molecule has 1 atom stereocenters. The van der Waals surface area contributed by atoms with E-state index in [1.165, 1.54) is 12.0 Å². The minimum absolute atomic E-state index is 0.250. The van der Waals surface area contributed by atoms with Crippen molar-refractivity contribution in [3.63, 3.8) is 0 Å². The topological polar surface area (TPSA) is 9.23 Å². The third kappa shape index (κ3) is 2.46. The second kappa shape index (κ2) is 4.21. The van der Waals surface area contributed by atoms with E-state index in [-0.39, 0.29) is 5.41 Å². The Balaban J connectivity index is 2.29. The molecule has 0 N–H and O–H groups in total. The van der Waals surface area contributed by atoms with Crippen LogP contribution in [-0.2, 0) is 10.2 Å². The molecule has 1 nitrogen and oxygen atoms in total. The van der Waals surface area contributed by atoms with E-state index in [0.29, 0.717) is 5.41 Å². The molecule has 1 aromatic carbocycles. The normalized spacial score (nSPS) is 25.9. The summed E-state index contributed by atoms with van der Waals surface area (Å²) in [5.74, 6) is 0. The van der Waals surface area contributed by atoms with Gasteiger partial charge in [0.1, 0.15) is 0 Å². The fourth-order valence-electron chi connectivity index (χ4n) is 2.88. The van der Waals surface area contributed by atoms with E-state index in [1.54, 1.807) is 0 Å². The molecule has 1 aliphatic rings. The monoisotopic (exact) mass is 218 g/mol. The van der Waals surface area contributed by atoms with E-state index >= 15 is 0 Å². The maximum Gasteiger partial charge on any atom is 0.0563 e. The molecule has 1 heterocycles. The van der Waals surface area contributed by atoms with Gasteiger partial charge in [0.25, 0.3) is 0 Å². The lowest BCUT2D eigenvalue weighted by atomic mass is 9.69. The van der Waals surface area contributed by atoms with Gasteiger partial charge >= 0.3 is 0 Å². The van der Waals surface area contributed by atoms with Crippen molar-refractivity contribution < 1.29 is 4.74 Å². The average molecular weight is 218 g/mol. The first-order valence-corrected chi connectivity index (χ1v) is 6.15. The molecule has 1 fully saturated rings. The number of ether oxygens (including phenoxy) is 1. The van der Waals surface area contributed by atoms with Gasteiger partial charge in [-0.25, -0.2) is 0 Å². The maximum absolute atomic E-state index is 5.66. The highest BCUT2D eigenvalue weighted by Crippen LogP contribution is 2.42. The summed E-state index contributed by atoms with van der Waals surface area (Å²) >= 11 is 0. The van der Waals surface area contributed by atoms with Gasteiger partial charge in [-0.15, -0.1) is 0 Å². The Hall–Kier alpha value is -0.820. The average Bonchev–Trinajstić information content (AvgIpc) is 2.66. The van der Waals surface area contributed by atoms with Crippen molar-refractivity contribution in [3.05, 3.63) is 35.9 Å². The number of benzene rings is 1. The van der Waals surface area contributed by atoms with Crippen LogP contribution in [0.4, 0.5) is 0 Å². The number of rotatable bonds is 2. The molecular weight excluding hydrogens is 196 g/mol. The van der Waals surface area contributed by atoms with E-state index in [4.69, 9.17) is 4.74 Å². The lowest BCUT2D eigenvalue weighted by molar-refractivity contribution is 0.158. The number of hydrogen-bond acceptors (Lipinski definition) is 1. The van der Waals surface area contributed by atoms with Gasteiger partial charge in [0.2, 0.25) is 0 Å². The predicted octanol–water partition coefficient (Wildman–Crippen LogP) is 3.78. The summed E-state index contributed by atoms with van der Waals surface area (Å²) in [4.78, 5) is 0. The van der Waals surface area contributed by atoms with Crippen LogP contribution < -0.4 is 0 Å². The Kier molecular flexibility index (Phi) is 3.07. The molecule has 88 valence electrons. The first kappa shape index (κ1) is 11.7. The van der Waals surface area contributed by atoms with E-state index in [1.807, 2.05) is 0 Å². The van der Waals surface area contributed by atoms with Crippen molar-refractivity contribution in [1.82, 2.24) is 0 Å². The maximum atomic E-state index is 5.66. The molecule has 0 spiro atoms. The summed E-state index contributed by atoms with van der Waals surface area (Å²) < 4.78 is 5.66. The van der Waals surface area contributed by atoms with Crippen LogP contribution in [0.3, 0.4) is 0 Å². The lowest BCUT2D eigenvalue weighted by Crippen LogP contribution is -2.31. The van der Waals surface area contributed by atoms with Crippen molar-refractivity contribution in [2.45, 2.75) is 39.0 Å². The molecule has 0 aromatic heterocycles. The van der Waals surface area contributed by atoms with Gasteiger partial charge in [0.05, 0.1) is 6.61 Å². The van der Waals surface area contributed by atoms with Crippen LogP contribution in [-0.4, -0.2) is 13.2 Å². The molecule has 1 saturated heterocycles. The minimum Gasteiger partial charge on any atom is -0.380 e. The first-order valence-electron chi connectivity index (χ1n) is 6.15. The Morgan fingerprint density at radius 1 is 1.19 bits per heavy atom. The van der Waals surface area contributed by atoms with Crippen molar-refractivity contribution in [2.75, 3.05) is 13.2 Å². The molecule has 0 radical (unpaired) electrons. The quantitative estimate of drug-likeness (QED) is 0.734. The summed E-state index contributed by atoms with van der Waals surface area (Å²) in [5, 5.41) is 0. The third-order valence-electron chi connectivity index (χ3n) is 3.36. The molecule has 0 bridgehead atoms. The van der Waals surface area contributed by atoms with Gasteiger partial charge in [-0.05, 0) is 23.8 Å². The second-order valence-electron chi connectivity index (χ2n) is 6.19. The Morgan fingerprint density at radius 2 is 1.88 bits per heavy atom. The van der Waals surface area contributed by atoms with Gasteiger partial charge in [0, 0.05) is 12.0 Å². The Labute approximate surface area is 98.8 Å². The summed E-state index contributed by atoms with van der Waals surface area (Å²) in [6, 6.07) is 10.9. The lowest BCUT2D eigenvalue weighted by Gasteiger charge is -2.34. The molecule has 1 aromatic rings. The van der Waals surface area contributed by atoms with E-state index in [9.17, 15) is 0 Å². The molecular formula is C15H22O. The standard InChI is InChI=1S/C15H22O/c1-14(2,3)11-15(9-10-16-12-15)13-7-5-4-6-8-13/h4-8H,9-12H2,1-3H3. The van der Waals surface area contributed by atoms with E-state index in [2.05, 4.69) is 51.1 Å². The third-order valence-corrected chi connectivity index (χ3v) is 3.36. The number of hydrogen-bond donors (Lipinski definition) is 0. The highest BCUT2D eigenvalue weighted by Gasteiger charge is 2.39. The molecule has 0 amide bonds. The molecule has 16 heavy (non-hydrogen) atoms. The van der Waals surface area contributed by atoms with Crippen LogP contribution in [0.2, 0.25) is 0 Å². The Bertz CT molecular complexity index is 328. The zero-order valence-corrected chi connectivity index (χ0v) is 10.6. The fraction of sp³-hybridized carbons (Fsp3) is 0.600. The molecule has 0 saturated carbocycles. The zero-order chi connectivity index (χ0) is 11.6. The fourth-order valence-corrected chi connectivity index (χ4v) is 2.88. The minimum atomic E-state index is 0.250. The predicted molar refractivity (Wildman–Crippen MR) is 67.6 cm³/mol. The summed E-state index contributed by atoms with van der Waals surface area (Å²) in [7, 11) is 0. The molecule has 1 heteroatoms. The first-order chi connectivity index (χ1) is 7.52. The summed E-state index contributed by atoms with van der Waals surface area (Å²) in [6.45, 7) is 8.74. The Morgan fingerprint density at radius 3 is 2.38 bits per heavy atom. The van der Waals surface area contributed by atoms with Gasteiger partial charge < -0.3 is 4.74 Å². The van der Waals surface area contributed by atoms with Crippen LogP contribution in [0.1, 0.15) is 39.2 Å². The smallest absolute Gasteiger partial charge is 0.0563 e. The largest absolute Gasteiger partial charge is 0.380 e. The second-order valence-corrected chi connectivity index (χ2v) is 6.19. The van der Waals surface area contributed by atoms with E-state index in [0.717, 1.165) is 19.6 Å². The van der Waals surface area contributed by atoms with Gasteiger partial charge in [0.15, 0.2) is 0 Å². The zero-order valence-electron chi connectivity index (χ0n) is 10.6. The van der Waals surface area contributed by atoms with Crippen LogP contribution in [0.15, 0.2) is 30.3 Å². The summed E-state index contributed by atoms with van der Waals surface area (Å²) in [5.41, 5.74) is 2.05. The van der Waals surface area contributed by atoms with Crippen LogP contribution >= 0.6 is 0 Å². The van der Waals surface area contributed by atoms with Crippen LogP contribution in [0.5, 0.6) is 0 Å². The van der Waals surface area contributed by atoms with Crippen molar-refractivity contribution in [2.24, 2.45) is 5.41 Å². The van der Waals surface area contributed by atoms with Crippen molar-refractivity contribution in [3.8, 4) is 0 Å². The highest BCUT2D eigenvalue weighted by atomic mass is 16.5. The van der Waals surface area contributed by atoms with Gasteiger partial charge in [-0.3, -0.25) is 0 Å². The van der Waals surface area contributed by atoms with Crippen LogP contribution in [0, 0.1) is 5.41 Å². The van der Waals surface area contributed by atoms with Crippen molar-refractivity contribution in [1.29, 1.82) is 0 Å². The summed E-state index contributed by atoms with van der Waals surface area (Å²) in [6.07, 6.45) is 2.36.